The van der Waals surface area contributed by atoms with Gasteiger partial charge in [0.05, 0.1) is 0 Å². The molecule has 0 amide bonds. The largest absolute Gasteiger partial charge is 0.0772 e. The van der Waals surface area contributed by atoms with Crippen molar-refractivity contribution in [2.75, 3.05) is 0 Å². The van der Waals surface area contributed by atoms with E-state index in [0.717, 1.165) is 5.92 Å². The molecule has 0 aromatic carbocycles. The van der Waals surface area contributed by atoms with Crippen LogP contribution in [0, 0.1) is 5.92 Å². The highest BCUT2D eigenvalue weighted by atomic mass is 14.2. The third-order valence-electron chi connectivity index (χ3n) is 3.01. The summed E-state index contributed by atoms with van der Waals surface area (Å²) in [5, 5.41) is 0. The monoisotopic (exact) mass is 182 g/mol. The maximum absolute atomic E-state index is 2.31. The lowest BCUT2D eigenvalue weighted by Gasteiger charge is -2.23. The molecule has 0 heterocycles. The van der Waals surface area contributed by atoms with E-state index in [4.69, 9.17) is 0 Å². The summed E-state index contributed by atoms with van der Waals surface area (Å²) in [6.45, 7) is 10.8. The fourth-order valence-corrected chi connectivity index (χ4v) is 1.94. The van der Waals surface area contributed by atoms with E-state index in [1.54, 1.807) is 5.57 Å². The lowest BCUT2D eigenvalue weighted by Crippen LogP contribution is -2.08. The predicted molar refractivity (Wildman–Crippen MR) is 62.0 cm³/mol. The second-order valence-corrected chi connectivity index (χ2v) is 4.02. The molecule has 0 aromatic rings. The van der Waals surface area contributed by atoms with Crippen LogP contribution in [0.25, 0.3) is 0 Å². The quantitative estimate of drug-likeness (QED) is 0.503. The topological polar surface area (TPSA) is 0 Å². The third-order valence-corrected chi connectivity index (χ3v) is 3.01. The van der Waals surface area contributed by atoms with Crippen LogP contribution in [-0.2, 0) is 0 Å². The van der Waals surface area contributed by atoms with Gasteiger partial charge < -0.3 is 0 Å². The molecule has 0 nitrogen and oxygen atoms in total. The minimum absolute atomic E-state index is 0.925. The zero-order valence-corrected chi connectivity index (χ0v) is 10.1. The second-order valence-electron chi connectivity index (χ2n) is 4.02. The summed E-state index contributed by atoms with van der Waals surface area (Å²) in [4.78, 5) is 0. The average molecular weight is 182 g/mol. The Balaban J connectivity index is 0.000000671. The minimum Gasteiger partial charge on any atom is -0.0772 e. The molecule has 0 spiro atoms. The maximum atomic E-state index is 2.31. The lowest BCUT2D eigenvalue weighted by molar-refractivity contribution is 0.401. The molecule has 1 aliphatic rings. The van der Waals surface area contributed by atoms with Crippen molar-refractivity contribution in [2.24, 2.45) is 5.92 Å². The van der Waals surface area contributed by atoms with Crippen LogP contribution >= 0.6 is 0 Å². The summed E-state index contributed by atoms with van der Waals surface area (Å²) >= 11 is 0. The molecule has 1 saturated carbocycles. The van der Waals surface area contributed by atoms with Crippen LogP contribution in [0.4, 0.5) is 0 Å². The molecule has 0 aliphatic heterocycles. The number of hydrogen-bond acceptors (Lipinski definition) is 0. The fraction of sp³-hybridized carbons (Fsp3) is 0.846. The SMILES string of the molecule is CC.CC(C)=C(C)C1CCCCC1. The first-order chi connectivity index (χ1) is 6.22. The summed E-state index contributed by atoms with van der Waals surface area (Å²) in [7, 11) is 0. The average Bonchev–Trinajstić information content (AvgIpc) is 2.21. The van der Waals surface area contributed by atoms with Gasteiger partial charge in [-0.2, -0.15) is 0 Å². The van der Waals surface area contributed by atoms with Crippen LogP contribution in [0.2, 0.25) is 0 Å². The molecule has 0 radical (unpaired) electrons. The van der Waals surface area contributed by atoms with Gasteiger partial charge in [-0.15, -0.1) is 0 Å². The van der Waals surface area contributed by atoms with Crippen molar-refractivity contribution in [2.45, 2.75) is 66.7 Å². The summed E-state index contributed by atoms with van der Waals surface area (Å²) in [5.74, 6) is 0.925. The van der Waals surface area contributed by atoms with Crippen molar-refractivity contribution in [3.05, 3.63) is 11.1 Å². The Hall–Kier alpha value is -0.260. The molecule has 1 fully saturated rings. The first-order valence-electron chi connectivity index (χ1n) is 5.86. The summed E-state index contributed by atoms with van der Waals surface area (Å²) in [5.41, 5.74) is 3.20. The highest BCUT2D eigenvalue weighted by Gasteiger charge is 2.14. The minimum atomic E-state index is 0.925. The lowest BCUT2D eigenvalue weighted by atomic mass is 9.83. The van der Waals surface area contributed by atoms with Gasteiger partial charge in [0, 0.05) is 0 Å². The van der Waals surface area contributed by atoms with E-state index in [9.17, 15) is 0 Å². The van der Waals surface area contributed by atoms with E-state index < -0.39 is 0 Å². The molecule has 1 rings (SSSR count). The van der Waals surface area contributed by atoms with Crippen LogP contribution in [0.15, 0.2) is 11.1 Å². The second kappa shape index (κ2) is 7.17. The van der Waals surface area contributed by atoms with Gasteiger partial charge in [0.25, 0.3) is 0 Å². The molecular weight excluding hydrogens is 156 g/mol. The number of hydrogen-bond donors (Lipinski definition) is 0. The van der Waals surface area contributed by atoms with Crippen LogP contribution in [0.5, 0.6) is 0 Å². The third kappa shape index (κ3) is 4.50. The molecule has 0 heteroatoms. The summed E-state index contributed by atoms with van der Waals surface area (Å²) < 4.78 is 0. The maximum Gasteiger partial charge on any atom is -0.0204 e. The molecule has 0 N–H and O–H groups in total. The predicted octanol–water partition coefficient (Wildman–Crippen LogP) is 4.95. The highest BCUT2D eigenvalue weighted by molar-refractivity contribution is 5.10. The highest BCUT2D eigenvalue weighted by Crippen LogP contribution is 2.30. The molecule has 0 atom stereocenters. The van der Waals surface area contributed by atoms with Crippen molar-refractivity contribution < 1.29 is 0 Å². The van der Waals surface area contributed by atoms with Gasteiger partial charge in [-0.25, -0.2) is 0 Å². The molecule has 0 aromatic heterocycles. The van der Waals surface area contributed by atoms with Crippen LogP contribution in [0.3, 0.4) is 0 Å². The van der Waals surface area contributed by atoms with Gasteiger partial charge in [-0.1, -0.05) is 44.3 Å². The van der Waals surface area contributed by atoms with Crippen LogP contribution < -0.4 is 0 Å². The molecule has 1 aliphatic carbocycles. The zero-order valence-electron chi connectivity index (χ0n) is 10.1. The van der Waals surface area contributed by atoms with Crippen molar-refractivity contribution >= 4 is 0 Å². The smallest absolute Gasteiger partial charge is 0.0204 e. The van der Waals surface area contributed by atoms with Crippen molar-refractivity contribution in [3.63, 3.8) is 0 Å². The van der Waals surface area contributed by atoms with Crippen LogP contribution in [-0.4, -0.2) is 0 Å². The van der Waals surface area contributed by atoms with E-state index in [2.05, 4.69) is 20.8 Å². The molecule has 0 bridgehead atoms. The van der Waals surface area contributed by atoms with Gasteiger partial charge in [-0.05, 0) is 39.5 Å². The van der Waals surface area contributed by atoms with Gasteiger partial charge in [-0.3, -0.25) is 0 Å². The van der Waals surface area contributed by atoms with Crippen molar-refractivity contribution in [1.29, 1.82) is 0 Å². The Kier molecular flexibility index (Phi) is 7.03. The molecule has 0 unspecified atom stereocenters. The standard InChI is InChI=1S/C11H20.C2H6/c1-9(2)10(3)11-7-5-4-6-8-11;1-2/h11H,4-8H2,1-3H3;1-2H3. The molecular formula is C13H26. The van der Waals surface area contributed by atoms with Crippen LogP contribution in [0.1, 0.15) is 66.7 Å². The van der Waals surface area contributed by atoms with E-state index >= 15 is 0 Å². The van der Waals surface area contributed by atoms with Gasteiger partial charge in [0.1, 0.15) is 0 Å². The Bertz CT molecular complexity index is 143. The van der Waals surface area contributed by atoms with Gasteiger partial charge in [0.2, 0.25) is 0 Å². The Morgan fingerprint density at radius 3 is 1.69 bits per heavy atom. The van der Waals surface area contributed by atoms with E-state index in [1.807, 2.05) is 13.8 Å². The van der Waals surface area contributed by atoms with E-state index in [0.29, 0.717) is 0 Å². The normalized spacial score (nSPS) is 17.3. The Labute approximate surface area is 84.4 Å². The molecule has 78 valence electrons. The first kappa shape index (κ1) is 12.7. The number of allylic oxidation sites excluding steroid dienone is 2. The van der Waals surface area contributed by atoms with Crippen molar-refractivity contribution in [3.8, 4) is 0 Å². The summed E-state index contributed by atoms with van der Waals surface area (Å²) in [6.07, 6.45) is 7.26. The Morgan fingerprint density at radius 2 is 1.31 bits per heavy atom. The van der Waals surface area contributed by atoms with E-state index in [-0.39, 0.29) is 0 Å². The van der Waals surface area contributed by atoms with E-state index in [1.165, 1.54) is 37.7 Å². The molecule has 13 heavy (non-hydrogen) atoms. The van der Waals surface area contributed by atoms with Gasteiger partial charge in [0.15, 0.2) is 0 Å². The number of rotatable bonds is 1. The summed E-state index contributed by atoms with van der Waals surface area (Å²) in [6, 6.07) is 0. The molecule has 0 saturated heterocycles. The van der Waals surface area contributed by atoms with Gasteiger partial charge >= 0.3 is 0 Å². The first-order valence-corrected chi connectivity index (χ1v) is 5.86. The zero-order chi connectivity index (χ0) is 10.3. The Morgan fingerprint density at radius 1 is 0.846 bits per heavy atom. The van der Waals surface area contributed by atoms with Crippen molar-refractivity contribution in [1.82, 2.24) is 0 Å². The fourth-order valence-electron chi connectivity index (χ4n) is 1.94.